The zero-order valence-corrected chi connectivity index (χ0v) is 18.8. The van der Waals surface area contributed by atoms with Gasteiger partial charge in [0.2, 0.25) is 0 Å². The molecule has 0 radical (unpaired) electrons. The number of ether oxygens (including phenoxy) is 1. The average Bonchev–Trinajstić information content (AvgIpc) is 3.21. The number of methoxy groups -OCH3 is 1. The fourth-order valence-corrected chi connectivity index (χ4v) is 5.12. The molecule has 2 aliphatic rings. The van der Waals surface area contributed by atoms with E-state index in [9.17, 15) is 9.90 Å². The first-order valence-electron chi connectivity index (χ1n) is 11.2. The summed E-state index contributed by atoms with van der Waals surface area (Å²) >= 11 is 0. The van der Waals surface area contributed by atoms with Crippen LogP contribution >= 0.6 is 0 Å². The van der Waals surface area contributed by atoms with Crippen molar-refractivity contribution in [1.29, 1.82) is 0 Å². The SMILES string of the molecule is C=C/C=C(\C=C)n1cc(OC)c2cc3c(cc2c1=O)-c1cn(C2CC(O)C2)c2ccnc(c12)N3. The van der Waals surface area contributed by atoms with Crippen molar-refractivity contribution in [2.45, 2.75) is 25.0 Å². The highest BCUT2D eigenvalue weighted by atomic mass is 16.5. The number of aliphatic hydroxyl groups is 1. The lowest BCUT2D eigenvalue weighted by atomic mass is 9.89. The highest BCUT2D eigenvalue weighted by Crippen LogP contribution is 2.48. The maximum atomic E-state index is 13.6. The average molecular weight is 453 g/mol. The molecular formula is C27H24N4O3. The van der Waals surface area contributed by atoms with Crippen LogP contribution in [0.2, 0.25) is 0 Å². The Morgan fingerprint density at radius 3 is 2.76 bits per heavy atom. The molecule has 0 bridgehead atoms. The molecule has 1 fully saturated rings. The number of anilines is 2. The van der Waals surface area contributed by atoms with Crippen LogP contribution in [0.4, 0.5) is 11.5 Å². The van der Waals surface area contributed by atoms with Crippen molar-refractivity contribution in [3.8, 4) is 16.9 Å². The molecule has 0 unspecified atom stereocenters. The smallest absolute Gasteiger partial charge is 0.263 e. The molecule has 0 saturated heterocycles. The van der Waals surface area contributed by atoms with Gasteiger partial charge in [0.1, 0.15) is 11.6 Å². The van der Waals surface area contributed by atoms with Gasteiger partial charge in [0.25, 0.3) is 5.56 Å². The van der Waals surface area contributed by atoms with Crippen LogP contribution in [-0.2, 0) is 0 Å². The van der Waals surface area contributed by atoms with E-state index in [1.807, 2.05) is 18.2 Å². The molecule has 1 aromatic carbocycles. The number of nitrogens with zero attached hydrogens (tertiary/aromatic N) is 3. The van der Waals surface area contributed by atoms with Gasteiger partial charge < -0.3 is 19.7 Å². The Labute approximate surface area is 195 Å². The summed E-state index contributed by atoms with van der Waals surface area (Å²) in [6, 6.07) is 6.14. The third-order valence-electron chi connectivity index (χ3n) is 6.88. The summed E-state index contributed by atoms with van der Waals surface area (Å²) in [5.41, 5.74) is 4.34. The van der Waals surface area contributed by atoms with Gasteiger partial charge in [0.15, 0.2) is 0 Å². The summed E-state index contributed by atoms with van der Waals surface area (Å²) < 4.78 is 9.43. The van der Waals surface area contributed by atoms with E-state index >= 15 is 0 Å². The lowest BCUT2D eigenvalue weighted by Gasteiger charge is -2.33. The minimum absolute atomic E-state index is 0.165. The number of hydrogen-bond donors (Lipinski definition) is 2. The number of allylic oxidation sites excluding steroid dienone is 4. The standard InChI is InChI=1S/C27H24N4O3/c1-4-6-15(5-2)31-14-24(34-3)19-12-22-18(11-20(19)27(31)33)21-13-30(16-9-17(32)10-16)23-7-8-28-26(29-22)25(21)23/h4-8,11-14,16-17,32H,1-2,9-10H2,3H3,(H,28,29)/b15-6+. The van der Waals surface area contributed by atoms with Crippen LogP contribution in [-0.4, -0.2) is 32.4 Å². The normalized spacial score (nSPS) is 18.8. The molecule has 7 nitrogen and oxygen atoms in total. The van der Waals surface area contributed by atoms with Crippen LogP contribution in [0.3, 0.4) is 0 Å². The number of benzene rings is 1. The van der Waals surface area contributed by atoms with Crippen molar-refractivity contribution in [1.82, 2.24) is 14.1 Å². The van der Waals surface area contributed by atoms with Crippen LogP contribution in [0.1, 0.15) is 18.9 Å². The van der Waals surface area contributed by atoms with Crippen molar-refractivity contribution < 1.29 is 9.84 Å². The first kappa shape index (κ1) is 20.5. The number of nitrogens with one attached hydrogen (secondary N) is 1. The molecule has 1 aliphatic carbocycles. The van der Waals surface area contributed by atoms with E-state index < -0.39 is 0 Å². The summed E-state index contributed by atoms with van der Waals surface area (Å²) in [6.45, 7) is 7.58. The van der Waals surface area contributed by atoms with E-state index in [2.05, 4.69) is 34.2 Å². The molecule has 3 aromatic heterocycles. The Morgan fingerprint density at radius 2 is 2.06 bits per heavy atom. The zero-order valence-electron chi connectivity index (χ0n) is 18.8. The van der Waals surface area contributed by atoms with Crippen molar-refractivity contribution in [3.63, 3.8) is 0 Å². The highest BCUT2D eigenvalue weighted by molar-refractivity contribution is 6.12. The van der Waals surface area contributed by atoms with Crippen LogP contribution < -0.4 is 15.6 Å². The molecule has 1 saturated carbocycles. The van der Waals surface area contributed by atoms with E-state index in [1.54, 1.807) is 37.7 Å². The van der Waals surface area contributed by atoms with Gasteiger partial charge in [-0.05, 0) is 43.2 Å². The van der Waals surface area contributed by atoms with Gasteiger partial charge in [0.05, 0.1) is 35.7 Å². The van der Waals surface area contributed by atoms with Gasteiger partial charge in [-0.15, -0.1) is 0 Å². The van der Waals surface area contributed by atoms with E-state index in [4.69, 9.17) is 4.74 Å². The third-order valence-corrected chi connectivity index (χ3v) is 6.88. The van der Waals surface area contributed by atoms with E-state index in [1.165, 1.54) is 4.57 Å². The number of aliphatic hydroxyl groups excluding tert-OH is 1. The summed E-state index contributed by atoms with van der Waals surface area (Å²) in [6.07, 6.45) is 11.8. The Balaban J connectivity index is 1.64. The van der Waals surface area contributed by atoms with E-state index in [0.29, 0.717) is 22.2 Å². The monoisotopic (exact) mass is 452 g/mol. The second-order valence-corrected chi connectivity index (χ2v) is 8.76. The van der Waals surface area contributed by atoms with Crippen LogP contribution in [0.5, 0.6) is 5.75 Å². The topological polar surface area (TPSA) is 81.3 Å². The summed E-state index contributed by atoms with van der Waals surface area (Å²) in [5, 5.41) is 15.6. The minimum Gasteiger partial charge on any atom is -0.495 e. The van der Waals surface area contributed by atoms with Gasteiger partial charge in [-0.1, -0.05) is 19.2 Å². The fraction of sp³-hybridized carbons (Fsp3) is 0.185. The molecule has 4 aromatic rings. The first-order chi connectivity index (χ1) is 16.5. The maximum absolute atomic E-state index is 13.6. The van der Waals surface area contributed by atoms with Crippen LogP contribution in [0.25, 0.3) is 38.5 Å². The fourth-order valence-electron chi connectivity index (χ4n) is 5.12. The lowest BCUT2D eigenvalue weighted by molar-refractivity contribution is 0.0504. The number of rotatable bonds is 5. The molecule has 4 heterocycles. The summed E-state index contributed by atoms with van der Waals surface area (Å²) in [4.78, 5) is 18.1. The number of fused-ring (bicyclic) bond motifs is 3. The van der Waals surface area contributed by atoms with E-state index in [-0.39, 0.29) is 17.7 Å². The molecule has 2 N–H and O–H groups in total. The van der Waals surface area contributed by atoms with Crippen LogP contribution in [0.15, 0.2) is 73.0 Å². The van der Waals surface area contributed by atoms with Gasteiger partial charge in [-0.2, -0.15) is 0 Å². The molecular weight excluding hydrogens is 428 g/mol. The molecule has 1 aliphatic heterocycles. The Morgan fingerprint density at radius 1 is 1.24 bits per heavy atom. The molecule has 170 valence electrons. The van der Waals surface area contributed by atoms with Crippen molar-refractivity contribution >= 4 is 38.9 Å². The van der Waals surface area contributed by atoms with Gasteiger partial charge in [-0.25, -0.2) is 4.98 Å². The molecule has 7 heteroatoms. The Kier molecular flexibility index (Phi) is 4.50. The molecule has 6 rings (SSSR count). The molecule has 0 amide bonds. The lowest BCUT2D eigenvalue weighted by Crippen LogP contribution is -2.30. The maximum Gasteiger partial charge on any atom is 0.263 e. The third kappa shape index (κ3) is 2.80. The van der Waals surface area contributed by atoms with Gasteiger partial charge >= 0.3 is 0 Å². The Bertz CT molecular complexity index is 1600. The quantitative estimate of drug-likeness (QED) is 0.367. The number of hydrogen-bond acceptors (Lipinski definition) is 5. The predicted octanol–water partition coefficient (Wildman–Crippen LogP) is 4.99. The van der Waals surface area contributed by atoms with Crippen molar-refractivity contribution in [2.75, 3.05) is 12.4 Å². The minimum atomic E-state index is -0.250. The van der Waals surface area contributed by atoms with Crippen LogP contribution in [0, 0.1) is 0 Å². The van der Waals surface area contributed by atoms with Gasteiger partial charge in [-0.3, -0.25) is 9.36 Å². The first-order valence-corrected chi connectivity index (χ1v) is 11.2. The second-order valence-electron chi connectivity index (χ2n) is 8.76. The summed E-state index contributed by atoms with van der Waals surface area (Å²) in [7, 11) is 1.59. The zero-order chi connectivity index (χ0) is 23.6. The molecule has 0 atom stereocenters. The van der Waals surface area contributed by atoms with Gasteiger partial charge in [0, 0.05) is 46.3 Å². The second kappa shape index (κ2) is 7.46. The van der Waals surface area contributed by atoms with Crippen molar-refractivity contribution in [2.24, 2.45) is 0 Å². The summed E-state index contributed by atoms with van der Waals surface area (Å²) in [5.74, 6) is 1.36. The van der Waals surface area contributed by atoms with Crippen molar-refractivity contribution in [3.05, 3.63) is 78.5 Å². The molecule has 0 spiro atoms. The Hall–Kier alpha value is -4.10. The highest BCUT2D eigenvalue weighted by Gasteiger charge is 2.32. The number of pyridine rings is 2. The largest absolute Gasteiger partial charge is 0.495 e. The molecule has 34 heavy (non-hydrogen) atoms. The van der Waals surface area contributed by atoms with E-state index in [0.717, 1.165) is 46.4 Å². The predicted molar refractivity (Wildman–Crippen MR) is 136 cm³/mol. The number of aromatic nitrogens is 3.